The zero-order chi connectivity index (χ0) is 22.1. The number of benzene rings is 2. The Bertz CT molecular complexity index is 816. The van der Waals surface area contributed by atoms with E-state index in [1.807, 2.05) is 79.4 Å². The van der Waals surface area contributed by atoms with Crippen LogP contribution in [0.25, 0.3) is 0 Å². The average molecular weight is 423 g/mol. The van der Waals surface area contributed by atoms with E-state index in [0.29, 0.717) is 26.2 Å². The largest absolute Gasteiger partial charge is 0.351 e. The molecule has 1 heterocycles. The Morgan fingerprint density at radius 1 is 0.903 bits per heavy atom. The van der Waals surface area contributed by atoms with Gasteiger partial charge in [-0.3, -0.25) is 19.4 Å². The Morgan fingerprint density at radius 3 is 2.06 bits per heavy atom. The summed E-state index contributed by atoms with van der Waals surface area (Å²) in [7, 11) is 0. The number of carbonyl (C=O) groups excluding carboxylic acids is 2. The second-order valence-electron chi connectivity index (χ2n) is 7.90. The van der Waals surface area contributed by atoms with Gasteiger partial charge in [-0.1, -0.05) is 60.7 Å². The summed E-state index contributed by atoms with van der Waals surface area (Å²) in [5.74, 6) is 0.196. The highest BCUT2D eigenvalue weighted by Crippen LogP contribution is 2.24. The van der Waals surface area contributed by atoms with Crippen LogP contribution in [0.3, 0.4) is 0 Å². The quantitative estimate of drug-likeness (QED) is 0.675. The van der Waals surface area contributed by atoms with Gasteiger partial charge in [-0.15, -0.1) is 0 Å². The highest BCUT2D eigenvalue weighted by Gasteiger charge is 2.32. The first-order valence-electron chi connectivity index (χ1n) is 11.2. The molecule has 6 heteroatoms. The number of likely N-dealkylation sites (N-methyl/N-ethyl adjacent to an activating group) is 1. The Morgan fingerprint density at radius 2 is 1.48 bits per heavy atom. The third-order valence-corrected chi connectivity index (χ3v) is 5.90. The number of rotatable bonds is 9. The number of piperazine rings is 1. The van der Waals surface area contributed by atoms with E-state index in [0.717, 1.165) is 37.3 Å². The molecule has 1 fully saturated rings. The lowest BCUT2D eigenvalue weighted by molar-refractivity contribution is -0.138. The molecule has 1 unspecified atom stereocenters. The molecule has 0 bridgehead atoms. The van der Waals surface area contributed by atoms with Crippen molar-refractivity contribution in [3.63, 3.8) is 0 Å². The molecule has 1 saturated heterocycles. The molecule has 2 aromatic rings. The molecule has 0 spiro atoms. The monoisotopic (exact) mass is 422 g/mol. The Labute approximate surface area is 185 Å². The lowest BCUT2D eigenvalue weighted by Gasteiger charge is -2.40. The summed E-state index contributed by atoms with van der Waals surface area (Å²) in [5, 5.41) is 3.00. The van der Waals surface area contributed by atoms with Gasteiger partial charge < -0.3 is 10.2 Å². The molecule has 0 aliphatic carbocycles. The van der Waals surface area contributed by atoms with Crippen molar-refractivity contribution in [1.29, 1.82) is 0 Å². The first-order valence-corrected chi connectivity index (χ1v) is 11.2. The van der Waals surface area contributed by atoms with E-state index < -0.39 is 0 Å². The molecule has 1 aliphatic heterocycles. The normalized spacial score (nSPS) is 15.9. The van der Waals surface area contributed by atoms with E-state index in [1.54, 1.807) is 0 Å². The molecule has 1 atom stereocenters. The fourth-order valence-corrected chi connectivity index (χ4v) is 4.09. The van der Waals surface area contributed by atoms with Crippen molar-refractivity contribution in [3.05, 3.63) is 71.8 Å². The lowest BCUT2D eigenvalue weighted by atomic mass is 10.0. The second kappa shape index (κ2) is 11.6. The molecule has 0 aromatic heterocycles. The van der Waals surface area contributed by atoms with Crippen LogP contribution in [0.4, 0.5) is 0 Å². The highest BCUT2D eigenvalue weighted by atomic mass is 16.2. The first kappa shape index (κ1) is 23.0. The van der Waals surface area contributed by atoms with Gasteiger partial charge in [0.2, 0.25) is 11.8 Å². The van der Waals surface area contributed by atoms with Gasteiger partial charge in [0, 0.05) is 45.8 Å². The van der Waals surface area contributed by atoms with E-state index in [1.165, 1.54) is 0 Å². The van der Waals surface area contributed by atoms with Crippen molar-refractivity contribution in [1.82, 2.24) is 20.0 Å². The van der Waals surface area contributed by atoms with E-state index in [9.17, 15) is 9.59 Å². The van der Waals surface area contributed by atoms with Crippen LogP contribution in [0.15, 0.2) is 60.7 Å². The molecule has 2 aromatic carbocycles. The first-order chi connectivity index (χ1) is 15.1. The van der Waals surface area contributed by atoms with Gasteiger partial charge in [-0.05, 0) is 25.0 Å². The molecule has 3 rings (SSSR count). The fraction of sp³-hybridized carbons (Fsp3) is 0.440. The van der Waals surface area contributed by atoms with Crippen molar-refractivity contribution in [2.24, 2.45) is 0 Å². The maximum Gasteiger partial charge on any atom is 0.244 e. The van der Waals surface area contributed by atoms with Crippen LogP contribution in [0, 0.1) is 0 Å². The SMILES string of the molecule is CCN(CC)C(=O)C(c1ccccc1)N1CCN(CC(=O)NCc2ccccc2)CC1. The minimum atomic E-state index is -0.268. The molecule has 1 N–H and O–H groups in total. The van der Waals surface area contributed by atoms with Crippen LogP contribution < -0.4 is 5.32 Å². The van der Waals surface area contributed by atoms with Gasteiger partial charge in [0.25, 0.3) is 0 Å². The fourth-order valence-electron chi connectivity index (χ4n) is 4.09. The van der Waals surface area contributed by atoms with Gasteiger partial charge in [-0.2, -0.15) is 0 Å². The molecule has 1 aliphatic rings. The number of hydrogen-bond acceptors (Lipinski definition) is 4. The zero-order valence-electron chi connectivity index (χ0n) is 18.7. The topological polar surface area (TPSA) is 55.9 Å². The van der Waals surface area contributed by atoms with Crippen LogP contribution in [-0.4, -0.2) is 72.3 Å². The Balaban J connectivity index is 1.56. The molecule has 166 valence electrons. The van der Waals surface area contributed by atoms with Crippen LogP contribution in [0.1, 0.15) is 31.0 Å². The predicted molar refractivity (Wildman–Crippen MR) is 123 cm³/mol. The molecule has 31 heavy (non-hydrogen) atoms. The summed E-state index contributed by atoms with van der Waals surface area (Å²) >= 11 is 0. The van der Waals surface area contributed by atoms with Crippen LogP contribution in [-0.2, 0) is 16.1 Å². The van der Waals surface area contributed by atoms with Gasteiger partial charge in [0.15, 0.2) is 0 Å². The molecule has 0 saturated carbocycles. The summed E-state index contributed by atoms with van der Waals surface area (Å²) in [6, 6.07) is 19.7. The molecular weight excluding hydrogens is 388 g/mol. The van der Waals surface area contributed by atoms with E-state index in [4.69, 9.17) is 0 Å². The summed E-state index contributed by atoms with van der Waals surface area (Å²) in [6.07, 6.45) is 0. The predicted octanol–water partition coefficient (Wildman–Crippen LogP) is 2.53. The van der Waals surface area contributed by atoms with Crippen LogP contribution in [0.2, 0.25) is 0 Å². The number of amides is 2. The van der Waals surface area contributed by atoms with Crippen LogP contribution >= 0.6 is 0 Å². The average Bonchev–Trinajstić information content (AvgIpc) is 2.81. The van der Waals surface area contributed by atoms with Crippen molar-refractivity contribution in [3.8, 4) is 0 Å². The van der Waals surface area contributed by atoms with Gasteiger partial charge in [0.1, 0.15) is 6.04 Å². The standard InChI is InChI=1S/C25H34N4O2/c1-3-28(4-2)25(31)24(22-13-9-6-10-14-22)29-17-15-27(16-18-29)20-23(30)26-19-21-11-7-5-8-12-21/h5-14,24H,3-4,15-20H2,1-2H3,(H,26,30). The van der Waals surface area contributed by atoms with Gasteiger partial charge in [-0.25, -0.2) is 0 Å². The van der Waals surface area contributed by atoms with Crippen molar-refractivity contribution in [2.75, 3.05) is 45.8 Å². The molecular formula is C25H34N4O2. The summed E-state index contributed by atoms with van der Waals surface area (Å²) < 4.78 is 0. The van der Waals surface area contributed by atoms with Gasteiger partial charge in [0.05, 0.1) is 6.54 Å². The smallest absolute Gasteiger partial charge is 0.244 e. The van der Waals surface area contributed by atoms with Crippen molar-refractivity contribution < 1.29 is 9.59 Å². The highest BCUT2D eigenvalue weighted by molar-refractivity contribution is 5.83. The molecule has 6 nitrogen and oxygen atoms in total. The third kappa shape index (κ3) is 6.39. The summed E-state index contributed by atoms with van der Waals surface area (Å²) in [6.45, 7) is 9.47. The maximum atomic E-state index is 13.3. The van der Waals surface area contributed by atoms with Gasteiger partial charge >= 0.3 is 0 Å². The molecule has 2 amide bonds. The van der Waals surface area contributed by atoms with E-state index in [-0.39, 0.29) is 17.9 Å². The van der Waals surface area contributed by atoms with Crippen molar-refractivity contribution in [2.45, 2.75) is 26.4 Å². The lowest BCUT2D eigenvalue weighted by Crippen LogP contribution is -2.53. The van der Waals surface area contributed by atoms with Crippen molar-refractivity contribution >= 4 is 11.8 Å². The number of nitrogens with zero attached hydrogens (tertiary/aromatic N) is 3. The number of carbonyl (C=O) groups is 2. The Kier molecular flexibility index (Phi) is 8.62. The second-order valence-corrected chi connectivity index (χ2v) is 7.90. The molecule has 0 radical (unpaired) electrons. The van der Waals surface area contributed by atoms with E-state index >= 15 is 0 Å². The third-order valence-electron chi connectivity index (χ3n) is 5.90. The minimum Gasteiger partial charge on any atom is -0.351 e. The summed E-state index contributed by atoms with van der Waals surface area (Å²) in [5.41, 5.74) is 2.13. The zero-order valence-corrected chi connectivity index (χ0v) is 18.7. The van der Waals surface area contributed by atoms with E-state index in [2.05, 4.69) is 15.1 Å². The Hall–Kier alpha value is -2.70. The number of nitrogens with one attached hydrogen (secondary N) is 1. The number of hydrogen-bond donors (Lipinski definition) is 1. The summed E-state index contributed by atoms with van der Waals surface area (Å²) in [4.78, 5) is 32.0. The minimum absolute atomic E-state index is 0.0381. The maximum absolute atomic E-state index is 13.3. The van der Waals surface area contributed by atoms with Crippen LogP contribution in [0.5, 0.6) is 0 Å².